The van der Waals surface area contributed by atoms with Gasteiger partial charge in [0.25, 0.3) is 0 Å². The maximum Gasteiger partial charge on any atom is 0.174 e. The summed E-state index contributed by atoms with van der Waals surface area (Å²) in [7, 11) is 0. The monoisotopic (exact) mass is 270 g/mol. The molecule has 0 aromatic carbocycles. The molecule has 3 unspecified atom stereocenters. The SMILES string of the molecule is CCC(C(=O)[O-])C1(C)OCC(CN2CCCCC2)O1. The van der Waals surface area contributed by atoms with Crippen LogP contribution in [0.1, 0.15) is 39.5 Å². The lowest BCUT2D eigenvalue weighted by atomic mass is 9.97. The maximum atomic E-state index is 11.1. The zero-order valence-corrected chi connectivity index (χ0v) is 11.9. The summed E-state index contributed by atoms with van der Waals surface area (Å²) in [5, 5.41) is 11.1. The van der Waals surface area contributed by atoms with E-state index < -0.39 is 17.7 Å². The number of rotatable bonds is 5. The van der Waals surface area contributed by atoms with Gasteiger partial charge in [-0.2, -0.15) is 0 Å². The number of carbonyl (C=O) groups is 1. The number of aliphatic carboxylic acids is 1. The molecule has 0 N–H and O–H groups in total. The summed E-state index contributed by atoms with van der Waals surface area (Å²) in [4.78, 5) is 13.5. The van der Waals surface area contributed by atoms with E-state index in [-0.39, 0.29) is 6.10 Å². The van der Waals surface area contributed by atoms with Crippen molar-refractivity contribution in [2.45, 2.75) is 51.4 Å². The highest BCUT2D eigenvalue weighted by Gasteiger charge is 2.44. The van der Waals surface area contributed by atoms with Crippen molar-refractivity contribution in [2.24, 2.45) is 5.92 Å². The molecule has 0 aliphatic carbocycles. The first-order chi connectivity index (χ1) is 9.05. The first-order valence-corrected chi connectivity index (χ1v) is 7.30. The highest BCUT2D eigenvalue weighted by molar-refractivity contribution is 5.68. The van der Waals surface area contributed by atoms with Crippen LogP contribution in [0.4, 0.5) is 0 Å². The van der Waals surface area contributed by atoms with Crippen molar-refractivity contribution in [2.75, 3.05) is 26.2 Å². The molecule has 0 amide bonds. The van der Waals surface area contributed by atoms with E-state index in [1.165, 1.54) is 19.3 Å². The van der Waals surface area contributed by atoms with E-state index in [4.69, 9.17) is 9.47 Å². The molecule has 19 heavy (non-hydrogen) atoms. The average Bonchev–Trinajstić information content (AvgIpc) is 2.73. The number of carboxylic acids is 1. The lowest BCUT2D eigenvalue weighted by Crippen LogP contribution is -2.47. The topological polar surface area (TPSA) is 61.8 Å². The lowest BCUT2D eigenvalue weighted by Gasteiger charge is -2.33. The fourth-order valence-electron chi connectivity index (χ4n) is 3.11. The van der Waals surface area contributed by atoms with Crippen molar-refractivity contribution < 1.29 is 19.4 Å². The van der Waals surface area contributed by atoms with Gasteiger partial charge >= 0.3 is 0 Å². The Hall–Kier alpha value is -0.650. The molecule has 5 heteroatoms. The van der Waals surface area contributed by atoms with Crippen LogP contribution in [-0.4, -0.2) is 49.0 Å². The van der Waals surface area contributed by atoms with E-state index in [1.54, 1.807) is 6.92 Å². The van der Waals surface area contributed by atoms with Gasteiger partial charge in [-0.25, -0.2) is 0 Å². The molecule has 0 saturated carbocycles. The van der Waals surface area contributed by atoms with Crippen LogP contribution in [0, 0.1) is 5.92 Å². The number of likely N-dealkylation sites (tertiary alicyclic amines) is 1. The molecule has 2 aliphatic heterocycles. The summed E-state index contributed by atoms with van der Waals surface area (Å²) in [6.07, 6.45) is 4.20. The summed E-state index contributed by atoms with van der Waals surface area (Å²) in [6.45, 7) is 7.04. The molecule has 0 radical (unpaired) electrons. The number of piperidine rings is 1. The maximum absolute atomic E-state index is 11.1. The zero-order chi connectivity index (χ0) is 13.9. The molecule has 2 heterocycles. The Bertz CT molecular complexity index is 317. The van der Waals surface area contributed by atoms with Crippen LogP contribution in [0.25, 0.3) is 0 Å². The summed E-state index contributed by atoms with van der Waals surface area (Å²) in [5.74, 6) is -2.84. The van der Waals surface area contributed by atoms with Crippen LogP contribution in [-0.2, 0) is 14.3 Å². The molecule has 110 valence electrons. The quantitative estimate of drug-likeness (QED) is 0.723. The molecule has 2 saturated heterocycles. The lowest BCUT2D eigenvalue weighted by molar-refractivity contribution is -0.326. The van der Waals surface area contributed by atoms with Gasteiger partial charge in [0.15, 0.2) is 5.79 Å². The average molecular weight is 270 g/mol. The first-order valence-electron chi connectivity index (χ1n) is 7.30. The zero-order valence-electron chi connectivity index (χ0n) is 11.9. The molecule has 0 spiro atoms. The third-order valence-corrected chi connectivity index (χ3v) is 4.19. The Kier molecular flexibility index (Phi) is 4.81. The summed E-state index contributed by atoms with van der Waals surface area (Å²) < 4.78 is 11.5. The van der Waals surface area contributed by atoms with Crippen molar-refractivity contribution in [3.05, 3.63) is 0 Å². The fraction of sp³-hybridized carbons (Fsp3) is 0.929. The molecule has 0 aromatic heterocycles. The smallest absolute Gasteiger partial charge is 0.174 e. The van der Waals surface area contributed by atoms with Crippen molar-refractivity contribution >= 4 is 5.97 Å². The van der Waals surface area contributed by atoms with E-state index in [0.717, 1.165) is 19.6 Å². The van der Waals surface area contributed by atoms with Crippen LogP contribution in [0.2, 0.25) is 0 Å². The van der Waals surface area contributed by atoms with Gasteiger partial charge in [-0.15, -0.1) is 0 Å². The molecule has 3 atom stereocenters. The van der Waals surface area contributed by atoms with Gasteiger partial charge in [0.2, 0.25) is 0 Å². The molecule has 2 rings (SSSR count). The van der Waals surface area contributed by atoms with E-state index in [1.807, 2.05) is 6.92 Å². The van der Waals surface area contributed by atoms with E-state index in [9.17, 15) is 9.90 Å². The number of carbonyl (C=O) groups excluding carboxylic acids is 1. The Balaban J connectivity index is 1.89. The summed E-state index contributed by atoms with van der Waals surface area (Å²) >= 11 is 0. The van der Waals surface area contributed by atoms with Crippen molar-refractivity contribution in [3.8, 4) is 0 Å². The van der Waals surface area contributed by atoms with Gasteiger partial charge in [0.05, 0.1) is 18.6 Å². The van der Waals surface area contributed by atoms with Crippen molar-refractivity contribution in [1.82, 2.24) is 4.90 Å². The number of ether oxygens (including phenoxy) is 2. The Morgan fingerprint density at radius 1 is 1.42 bits per heavy atom. The van der Waals surface area contributed by atoms with Gasteiger partial charge in [0.1, 0.15) is 0 Å². The minimum atomic E-state index is -1.09. The first kappa shape index (κ1) is 14.8. The predicted molar refractivity (Wildman–Crippen MR) is 68.3 cm³/mol. The van der Waals surface area contributed by atoms with Crippen LogP contribution in [0.5, 0.6) is 0 Å². The largest absolute Gasteiger partial charge is 0.550 e. The molecule has 5 nitrogen and oxygen atoms in total. The number of nitrogens with zero attached hydrogens (tertiary/aromatic N) is 1. The van der Waals surface area contributed by atoms with Gasteiger partial charge in [0, 0.05) is 12.5 Å². The molecular formula is C14H24NO4-. The molecule has 2 fully saturated rings. The van der Waals surface area contributed by atoms with Crippen molar-refractivity contribution in [3.63, 3.8) is 0 Å². The third kappa shape index (κ3) is 3.46. The summed E-state index contributed by atoms with van der Waals surface area (Å²) in [5.41, 5.74) is 0. The molecular weight excluding hydrogens is 246 g/mol. The minimum Gasteiger partial charge on any atom is -0.550 e. The van der Waals surface area contributed by atoms with Crippen LogP contribution < -0.4 is 5.11 Å². The fourth-order valence-corrected chi connectivity index (χ4v) is 3.11. The van der Waals surface area contributed by atoms with E-state index >= 15 is 0 Å². The van der Waals surface area contributed by atoms with Gasteiger partial charge < -0.3 is 24.3 Å². The van der Waals surface area contributed by atoms with Crippen LogP contribution >= 0.6 is 0 Å². The second-order valence-electron chi connectivity index (χ2n) is 5.71. The second kappa shape index (κ2) is 6.20. The van der Waals surface area contributed by atoms with E-state index in [0.29, 0.717) is 13.0 Å². The number of hydrogen-bond donors (Lipinski definition) is 0. The highest BCUT2D eigenvalue weighted by Crippen LogP contribution is 2.33. The number of carboxylic acid groups (broad SMARTS) is 1. The number of hydrogen-bond acceptors (Lipinski definition) is 5. The highest BCUT2D eigenvalue weighted by atomic mass is 16.7. The Labute approximate surface area is 114 Å². The van der Waals surface area contributed by atoms with Crippen LogP contribution in [0.15, 0.2) is 0 Å². The normalized spacial score (nSPS) is 34.3. The van der Waals surface area contributed by atoms with E-state index in [2.05, 4.69) is 4.90 Å². The summed E-state index contributed by atoms with van der Waals surface area (Å²) in [6, 6.07) is 0. The van der Waals surface area contributed by atoms with Crippen molar-refractivity contribution in [1.29, 1.82) is 0 Å². The third-order valence-electron chi connectivity index (χ3n) is 4.19. The molecule has 0 bridgehead atoms. The Morgan fingerprint density at radius 2 is 2.11 bits per heavy atom. The minimum absolute atomic E-state index is 0.0310. The Morgan fingerprint density at radius 3 is 2.68 bits per heavy atom. The second-order valence-corrected chi connectivity index (χ2v) is 5.71. The predicted octanol–water partition coefficient (Wildman–Crippen LogP) is 0.380. The van der Waals surface area contributed by atoms with Gasteiger partial charge in [-0.3, -0.25) is 0 Å². The molecule has 0 aromatic rings. The van der Waals surface area contributed by atoms with Crippen LogP contribution in [0.3, 0.4) is 0 Å². The van der Waals surface area contributed by atoms with Gasteiger partial charge in [-0.05, 0) is 39.3 Å². The molecule has 2 aliphatic rings. The standard InChI is InChI=1S/C14H25NO4/c1-3-12(13(16)17)14(2)18-10-11(19-14)9-15-7-5-4-6-8-15/h11-12H,3-10H2,1-2H3,(H,16,17)/p-1. The van der Waals surface area contributed by atoms with Gasteiger partial charge in [-0.1, -0.05) is 13.3 Å².